The molecule has 3 amide bonds. The number of nitrogens with zero attached hydrogens (tertiary/aromatic N) is 24. The molecule has 0 fully saturated rings. The highest BCUT2D eigenvalue weighted by Gasteiger charge is 2.38. The van der Waals surface area contributed by atoms with Gasteiger partial charge in [0.25, 0.3) is 17.7 Å². The first kappa shape index (κ1) is 102. The first-order valence-electron chi connectivity index (χ1n) is 45.5. The van der Waals surface area contributed by atoms with E-state index in [9.17, 15) is 19.5 Å². The number of benzene rings is 6. The number of hydrogen-bond donors (Lipinski definition) is 3. The molecule has 0 saturated carbocycles. The summed E-state index contributed by atoms with van der Waals surface area (Å²) in [5.41, 5.74) is 16.1. The first-order valence-corrected chi connectivity index (χ1v) is 51.9. The van der Waals surface area contributed by atoms with E-state index in [4.69, 9.17) is 62.4 Å². The van der Waals surface area contributed by atoms with Crippen LogP contribution in [0.1, 0.15) is 105 Å². The minimum atomic E-state index is -2.02. The van der Waals surface area contributed by atoms with E-state index in [1.807, 2.05) is 171 Å². The quantitative estimate of drug-likeness (QED) is 0.0500. The highest BCUT2D eigenvalue weighted by atomic mass is 79.9. The van der Waals surface area contributed by atoms with E-state index >= 15 is 0 Å². The van der Waals surface area contributed by atoms with E-state index in [1.165, 1.54) is 51.3 Å². The molecule has 31 nitrogen and oxygen atoms in total. The molecule has 0 atom stereocenters. The molecule has 0 radical (unpaired) electrons. The summed E-state index contributed by atoms with van der Waals surface area (Å²) in [6, 6.07) is 46.4. The Morgan fingerprint density at radius 3 is 1.27 bits per heavy atom. The molecule has 726 valence electrons. The second-order valence-corrected chi connectivity index (χ2v) is 43.1. The van der Waals surface area contributed by atoms with Gasteiger partial charge in [-0.3, -0.25) is 14.4 Å². The monoisotopic (exact) mass is 2150 g/mol. The molecule has 0 unspecified atom stereocenters. The van der Waals surface area contributed by atoms with E-state index in [1.54, 1.807) is 53.0 Å². The molecule has 0 spiro atoms. The Morgan fingerprint density at radius 1 is 0.462 bits per heavy atom. The molecule has 143 heavy (non-hydrogen) atoms. The third-order valence-electron chi connectivity index (χ3n) is 24.1. The predicted molar refractivity (Wildman–Crippen MR) is 576 cm³/mol. The number of nitrogens with one attached hydrogen (secondary N) is 2. The maximum absolute atomic E-state index is 13.7. The van der Waals surface area contributed by atoms with Gasteiger partial charge in [-0.25, -0.2) is 79.7 Å². The number of anilines is 5. The highest BCUT2D eigenvalue weighted by molar-refractivity contribution is 9.10. The van der Waals surface area contributed by atoms with Crippen molar-refractivity contribution < 1.29 is 23.9 Å². The second-order valence-electron chi connectivity index (χ2n) is 34.6. The van der Waals surface area contributed by atoms with E-state index in [-0.39, 0.29) is 66.9 Å². The highest BCUT2D eigenvalue weighted by Crippen LogP contribution is 2.39. The van der Waals surface area contributed by atoms with Crippen molar-refractivity contribution in [2.45, 2.75) is 93.3 Å². The predicted octanol–water partition coefficient (Wildman–Crippen LogP) is 23.3. The maximum atomic E-state index is 13.7. The summed E-state index contributed by atoms with van der Waals surface area (Å²) < 4.78 is 18.8. The van der Waals surface area contributed by atoms with Crippen LogP contribution in [0.3, 0.4) is 0 Å². The Labute approximate surface area is 867 Å². The number of carbonyl (C=O) groups is 3. The Bertz CT molecular complexity index is 7820. The van der Waals surface area contributed by atoms with Gasteiger partial charge in [0.15, 0.2) is 8.32 Å². The van der Waals surface area contributed by atoms with Crippen molar-refractivity contribution in [1.29, 1.82) is 0 Å². The summed E-state index contributed by atoms with van der Waals surface area (Å²) in [5, 5.41) is 21.4. The Balaban J connectivity index is 0.000000127. The minimum absolute atomic E-state index is 0.00640. The zero-order chi connectivity index (χ0) is 101. The molecule has 3 N–H and O–H groups in total. The van der Waals surface area contributed by atoms with Crippen LogP contribution < -0.4 is 25.3 Å². The summed E-state index contributed by atoms with van der Waals surface area (Å²) in [5.74, 6) is 3.06. The third-order valence-corrected chi connectivity index (χ3v) is 31.0. The number of aliphatic hydroxyl groups excluding tert-OH is 1. The summed E-state index contributed by atoms with van der Waals surface area (Å²) in [7, 11) is -2.02. The van der Waals surface area contributed by atoms with Crippen molar-refractivity contribution in [3.05, 3.63) is 349 Å². The largest absolute Gasteiger partial charge is 0.415 e. The molecule has 1 aliphatic heterocycles. The number of halogens is 7. The first-order chi connectivity index (χ1) is 68.9. The molecule has 39 heteroatoms. The zero-order valence-electron chi connectivity index (χ0n) is 79.6. The molecule has 13 aromatic heterocycles. The lowest BCUT2D eigenvalue weighted by molar-refractivity contribution is 0.0973. The van der Waals surface area contributed by atoms with Crippen LogP contribution in [0.5, 0.6) is 0 Å². The Kier molecular flexibility index (Phi) is 32.4. The minimum Gasteiger partial charge on any atom is -0.415 e. The summed E-state index contributed by atoms with van der Waals surface area (Å²) >= 11 is 37.8. The lowest BCUT2D eigenvalue weighted by Gasteiger charge is -2.37. The number of fused-ring (bicyclic) bond motifs is 7. The van der Waals surface area contributed by atoms with Gasteiger partial charge in [0.2, 0.25) is 0 Å². The molecule has 0 bridgehead atoms. The van der Waals surface area contributed by atoms with Crippen molar-refractivity contribution >= 4 is 205 Å². The molecule has 2 aliphatic rings. The number of aliphatic hydroxyl groups is 1. The van der Waals surface area contributed by atoms with Gasteiger partial charge < -0.3 is 57.7 Å². The van der Waals surface area contributed by atoms with Crippen LogP contribution in [0.25, 0.3) is 89.0 Å². The van der Waals surface area contributed by atoms with Crippen LogP contribution in [-0.2, 0) is 10.8 Å². The lowest BCUT2D eigenvalue weighted by Crippen LogP contribution is -2.43. The van der Waals surface area contributed by atoms with Crippen LogP contribution in [0.15, 0.2) is 266 Å². The Morgan fingerprint density at radius 2 is 0.839 bits per heavy atom. The normalized spacial score (nSPS) is 12.1. The average Bonchev–Trinajstić information content (AvgIpc) is 1.66. The SMILES string of the molecule is Brc1ccc2c(c1)C=CC2.CCCNc1ccc2c(ccn2-c2cnc(C)nc2)c1.Cc1ncc(-n2ccc3cc(Br)ccc32)cn1.Cc1ncc(-n2ccc3cc(N(CCO)C(=O)c4c(Cl)ncnc4Cl)ccc32)cn1.Cc1ncc(-n2ccc3cc(N(CCO[Si](C)(C)C(C)(C)C)C(=O)c4c(Cl)ncnc4Cl)ccc32)cn1.Cc1ncc(-n2ccc3cc(N4CCNc5ncnc(Cl)c5C4=O)ccc32)cn1. The second kappa shape index (κ2) is 45.5. The van der Waals surface area contributed by atoms with Crippen LogP contribution in [0.2, 0.25) is 43.9 Å². The van der Waals surface area contributed by atoms with Gasteiger partial charge in [-0.05, 0) is 210 Å². The number of aromatic nitrogens is 21. The number of amides is 3. The van der Waals surface area contributed by atoms with Gasteiger partial charge in [0, 0.05) is 122 Å². The molecular weight excluding hydrogens is 2060 g/mol. The molecule has 21 rings (SSSR count). The topological polar surface area (TPSA) is 345 Å². The average molecular weight is 2160 g/mol. The summed E-state index contributed by atoms with van der Waals surface area (Å²) in [4.78, 5) is 111. The van der Waals surface area contributed by atoms with Gasteiger partial charge in [-0.15, -0.1) is 0 Å². The van der Waals surface area contributed by atoms with E-state index < -0.39 is 14.2 Å². The summed E-state index contributed by atoms with van der Waals surface area (Å²) in [6.45, 7) is 24.9. The van der Waals surface area contributed by atoms with Gasteiger partial charge in [-0.1, -0.05) is 136 Å². The van der Waals surface area contributed by atoms with E-state index in [2.05, 4.69) is 251 Å². The molecule has 14 heterocycles. The van der Waals surface area contributed by atoms with Gasteiger partial charge in [0.05, 0.1) is 131 Å². The summed E-state index contributed by atoms with van der Waals surface area (Å²) in [6.07, 6.45) is 38.3. The zero-order valence-corrected chi connectivity index (χ0v) is 87.6. The van der Waals surface area contributed by atoms with Crippen LogP contribution in [0, 0.1) is 34.6 Å². The van der Waals surface area contributed by atoms with Crippen LogP contribution in [-0.4, -0.2) is 180 Å². The lowest BCUT2D eigenvalue weighted by atomic mass is 10.1. The van der Waals surface area contributed by atoms with Gasteiger partial charge in [-0.2, -0.15) is 0 Å². The molecule has 6 aromatic carbocycles. The smallest absolute Gasteiger partial charge is 0.265 e. The van der Waals surface area contributed by atoms with Gasteiger partial charge in [0.1, 0.15) is 96.4 Å². The van der Waals surface area contributed by atoms with Crippen molar-refractivity contribution in [3.63, 3.8) is 0 Å². The maximum Gasteiger partial charge on any atom is 0.265 e. The number of hydrogen-bond acceptors (Lipinski definition) is 23. The molecular formula is C104H97Br2Cl5N26O5Si. The Hall–Kier alpha value is -14.0. The van der Waals surface area contributed by atoms with Crippen molar-refractivity contribution in [1.82, 2.24) is 103 Å². The fourth-order valence-electron chi connectivity index (χ4n) is 15.6. The third kappa shape index (κ3) is 23.8. The van der Waals surface area contributed by atoms with Gasteiger partial charge >= 0.3 is 0 Å². The number of carbonyl (C=O) groups excluding carboxylic acids is 3. The molecule has 1 aliphatic carbocycles. The number of aryl methyl sites for hydroxylation is 5. The number of rotatable bonds is 19. The van der Waals surface area contributed by atoms with E-state index in [0.29, 0.717) is 60.6 Å². The molecule has 19 aromatic rings. The van der Waals surface area contributed by atoms with Crippen LogP contribution in [0.4, 0.5) is 28.6 Å². The van der Waals surface area contributed by atoms with Crippen molar-refractivity contribution in [3.8, 4) is 28.4 Å². The van der Waals surface area contributed by atoms with Crippen LogP contribution >= 0.6 is 89.9 Å². The fourth-order valence-corrected chi connectivity index (χ4v) is 18.6. The number of allylic oxidation sites excluding steroid dienone is 1. The fraction of sp³-hybridized carbons (Fsp3) is 0.202. The standard InChI is InChI=1S/C26H30Cl2N6O2Si.C20H16Cl2N6O2.C20H16ClN7O.C16H18N4.C13H10BrN3.C9H7Br/c1-17-29-14-20(15-30-17)33-10-9-18-13-19(7-8-21(18)33)34(11-12-36-37(5,6)26(2,3)4)25(35)22-23(27)31-16-32-24(22)28;1-12-23-9-15(10-24-12)27-5-4-13-8-14(2-3-16(13)27)28(6-7-29)20(30)17-18(21)25-11-26-19(17)22;1-12-23-9-15(10-24-12)27-6-4-13-8-14(2-3-16(13)27)28-7-5-22-19-17(20(28)29)18(21)25-11-26-19;1-3-7-17-14-4-5-16-13(9-14)6-8-20(16)15-10-18-12(2)19-11-15;1-9-15-7-12(8-16-9)17-5-4-10-6-11(14)2-3-13(10)17;10-9-5-4-7-2-1-3-8(7)6-9/h7-10,13-16H,11-12H2,1-6H3;2-5,8-11,29H,6-7H2,1H3;2-4,6,8-11H,5,7H2,1H3,(H,22,25,26);4-6,8-11,17H,3,7H2,1-2H3;2-8H,1H3;1,3-6H,2H2. The molecule has 0 saturated heterocycles. The van der Waals surface area contributed by atoms with Crippen molar-refractivity contribution in [2.75, 3.05) is 71.3 Å². The van der Waals surface area contributed by atoms with E-state index in [0.717, 1.165) is 124 Å². The van der Waals surface area contributed by atoms with Crippen molar-refractivity contribution in [2.24, 2.45) is 0 Å².